The monoisotopic (exact) mass is 285 g/mol. The lowest BCUT2D eigenvalue weighted by molar-refractivity contribution is -0.138. The van der Waals surface area contributed by atoms with E-state index in [4.69, 9.17) is 5.11 Å². The highest BCUT2D eigenvalue weighted by atomic mass is 16.4. The molecule has 1 aliphatic rings. The molecule has 20 heavy (non-hydrogen) atoms. The summed E-state index contributed by atoms with van der Waals surface area (Å²) in [6, 6.07) is 0.144. The van der Waals surface area contributed by atoms with Crippen molar-refractivity contribution in [2.24, 2.45) is 5.92 Å². The molecule has 1 fully saturated rings. The molecule has 2 amide bonds. The largest absolute Gasteiger partial charge is 0.480 e. The zero-order valence-corrected chi connectivity index (χ0v) is 12.8. The van der Waals surface area contributed by atoms with Gasteiger partial charge in [0.1, 0.15) is 0 Å². The molecule has 1 heterocycles. The molecule has 0 aromatic heterocycles. The van der Waals surface area contributed by atoms with Gasteiger partial charge >= 0.3 is 12.0 Å². The van der Waals surface area contributed by atoms with E-state index in [1.807, 2.05) is 11.8 Å². The Morgan fingerprint density at radius 1 is 1.20 bits per heavy atom. The van der Waals surface area contributed by atoms with E-state index in [1.165, 1.54) is 0 Å². The van der Waals surface area contributed by atoms with Crippen LogP contribution in [-0.4, -0.2) is 65.7 Å². The van der Waals surface area contributed by atoms with Crippen LogP contribution in [0.4, 0.5) is 4.79 Å². The first-order valence-electron chi connectivity index (χ1n) is 7.42. The SMILES string of the molecule is CCC(C)CC(C)NC(=O)N1CCN(CC(=O)O)CC1. The maximum absolute atomic E-state index is 12.1. The van der Waals surface area contributed by atoms with Crippen LogP contribution in [0.3, 0.4) is 0 Å². The van der Waals surface area contributed by atoms with E-state index < -0.39 is 5.97 Å². The van der Waals surface area contributed by atoms with Crippen LogP contribution >= 0.6 is 0 Å². The molecule has 2 N–H and O–H groups in total. The third-order valence-electron chi connectivity index (χ3n) is 3.84. The minimum Gasteiger partial charge on any atom is -0.480 e. The number of carboxylic acids is 1. The Labute approximate surface area is 121 Å². The summed E-state index contributed by atoms with van der Waals surface area (Å²) < 4.78 is 0. The predicted molar refractivity (Wildman–Crippen MR) is 77.7 cm³/mol. The van der Waals surface area contributed by atoms with Crippen molar-refractivity contribution in [1.82, 2.24) is 15.1 Å². The molecule has 0 bridgehead atoms. The summed E-state index contributed by atoms with van der Waals surface area (Å²) in [6.07, 6.45) is 2.11. The number of hydrogen-bond donors (Lipinski definition) is 2. The molecule has 0 aromatic rings. The Balaban J connectivity index is 2.30. The Bertz CT molecular complexity index is 328. The Morgan fingerprint density at radius 3 is 2.30 bits per heavy atom. The first kappa shape index (κ1) is 16.8. The van der Waals surface area contributed by atoms with Crippen LogP contribution in [0.1, 0.15) is 33.6 Å². The minimum atomic E-state index is -0.815. The molecule has 1 saturated heterocycles. The lowest BCUT2D eigenvalue weighted by Crippen LogP contribution is -2.53. The molecule has 1 rings (SSSR count). The highest BCUT2D eigenvalue weighted by Crippen LogP contribution is 2.10. The fourth-order valence-corrected chi connectivity index (χ4v) is 2.43. The van der Waals surface area contributed by atoms with Crippen LogP contribution in [-0.2, 0) is 4.79 Å². The number of amides is 2. The van der Waals surface area contributed by atoms with E-state index in [1.54, 1.807) is 4.90 Å². The van der Waals surface area contributed by atoms with Crippen molar-refractivity contribution in [1.29, 1.82) is 0 Å². The molecule has 1 aliphatic heterocycles. The second-order valence-electron chi connectivity index (χ2n) is 5.76. The van der Waals surface area contributed by atoms with Gasteiger partial charge < -0.3 is 15.3 Å². The summed E-state index contributed by atoms with van der Waals surface area (Å²) in [6.45, 7) is 8.86. The lowest BCUT2D eigenvalue weighted by Gasteiger charge is -2.34. The molecule has 0 spiro atoms. The molecular weight excluding hydrogens is 258 g/mol. The molecule has 116 valence electrons. The van der Waals surface area contributed by atoms with E-state index >= 15 is 0 Å². The number of carbonyl (C=O) groups is 2. The second-order valence-corrected chi connectivity index (χ2v) is 5.76. The average molecular weight is 285 g/mol. The first-order chi connectivity index (χ1) is 9.42. The average Bonchev–Trinajstić information content (AvgIpc) is 2.38. The fourth-order valence-electron chi connectivity index (χ4n) is 2.43. The summed E-state index contributed by atoms with van der Waals surface area (Å²) in [5.41, 5.74) is 0. The predicted octanol–water partition coefficient (Wildman–Crippen LogP) is 1.22. The van der Waals surface area contributed by atoms with Gasteiger partial charge in [-0.25, -0.2) is 4.79 Å². The van der Waals surface area contributed by atoms with Crippen molar-refractivity contribution in [2.45, 2.75) is 39.7 Å². The van der Waals surface area contributed by atoms with E-state index in [9.17, 15) is 9.59 Å². The van der Waals surface area contributed by atoms with Crippen LogP contribution in [0.2, 0.25) is 0 Å². The van der Waals surface area contributed by atoms with Gasteiger partial charge in [0.15, 0.2) is 0 Å². The van der Waals surface area contributed by atoms with Crippen molar-refractivity contribution in [3.05, 3.63) is 0 Å². The number of aliphatic carboxylic acids is 1. The smallest absolute Gasteiger partial charge is 0.317 e. The van der Waals surface area contributed by atoms with Crippen LogP contribution in [0.15, 0.2) is 0 Å². The zero-order valence-electron chi connectivity index (χ0n) is 12.8. The highest BCUT2D eigenvalue weighted by molar-refractivity contribution is 5.74. The Hall–Kier alpha value is -1.30. The number of hydrogen-bond acceptors (Lipinski definition) is 3. The second kappa shape index (κ2) is 8.09. The molecule has 2 unspecified atom stereocenters. The molecular formula is C14H27N3O3. The number of nitrogens with one attached hydrogen (secondary N) is 1. The van der Waals surface area contributed by atoms with Crippen LogP contribution in [0.25, 0.3) is 0 Å². The first-order valence-corrected chi connectivity index (χ1v) is 7.42. The standard InChI is InChI=1S/C14H27N3O3/c1-4-11(2)9-12(3)15-14(20)17-7-5-16(6-8-17)10-13(18)19/h11-12H,4-10H2,1-3H3,(H,15,20)(H,18,19). The summed E-state index contributed by atoms with van der Waals surface area (Å²) in [7, 11) is 0. The summed E-state index contributed by atoms with van der Waals surface area (Å²) in [5, 5.41) is 11.8. The van der Waals surface area contributed by atoms with Crippen LogP contribution < -0.4 is 5.32 Å². The molecule has 0 aromatic carbocycles. The van der Waals surface area contributed by atoms with Gasteiger partial charge in [-0.2, -0.15) is 0 Å². The van der Waals surface area contributed by atoms with E-state index in [0.717, 1.165) is 12.8 Å². The van der Waals surface area contributed by atoms with Gasteiger partial charge in [-0.05, 0) is 19.3 Å². The molecule has 6 heteroatoms. The van der Waals surface area contributed by atoms with Gasteiger partial charge in [0.05, 0.1) is 6.54 Å². The van der Waals surface area contributed by atoms with Gasteiger partial charge in [0.25, 0.3) is 0 Å². The minimum absolute atomic E-state index is 0.0317. The summed E-state index contributed by atoms with van der Waals surface area (Å²) in [5.74, 6) is -0.206. The van der Waals surface area contributed by atoms with Crippen molar-refractivity contribution in [3.8, 4) is 0 Å². The molecule has 0 aliphatic carbocycles. The number of rotatable bonds is 6. The third kappa shape index (κ3) is 5.77. The van der Waals surface area contributed by atoms with Gasteiger partial charge in [-0.1, -0.05) is 20.3 Å². The maximum Gasteiger partial charge on any atom is 0.317 e. The molecule has 2 atom stereocenters. The van der Waals surface area contributed by atoms with Crippen molar-refractivity contribution < 1.29 is 14.7 Å². The normalized spacial score (nSPS) is 19.4. The van der Waals surface area contributed by atoms with Gasteiger partial charge in [-0.15, -0.1) is 0 Å². The quantitative estimate of drug-likeness (QED) is 0.769. The van der Waals surface area contributed by atoms with E-state index in [0.29, 0.717) is 32.1 Å². The number of piperazine rings is 1. The number of urea groups is 1. The summed E-state index contributed by atoms with van der Waals surface area (Å²) in [4.78, 5) is 26.3. The van der Waals surface area contributed by atoms with E-state index in [-0.39, 0.29) is 18.6 Å². The van der Waals surface area contributed by atoms with E-state index in [2.05, 4.69) is 19.2 Å². The fraction of sp³-hybridized carbons (Fsp3) is 0.857. The van der Waals surface area contributed by atoms with Crippen LogP contribution in [0.5, 0.6) is 0 Å². The van der Waals surface area contributed by atoms with Crippen molar-refractivity contribution in [3.63, 3.8) is 0 Å². The third-order valence-corrected chi connectivity index (χ3v) is 3.84. The molecule has 0 saturated carbocycles. The van der Waals surface area contributed by atoms with Crippen LogP contribution in [0, 0.1) is 5.92 Å². The van der Waals surface area contributed by atoms with Crippen molar-refractivity contribution >= 4 is 12.0 Å². The van der Waals surface area contributed by atoms with Gasteiger partial charge in [0.2, 0.25) is 0 Å². The Morgan fingerprint density at radius 2 is 1.80 bits per heavy atom. The molecule has 0 radical (unpaired) electrons. The van der Waals surface area contributed by atoms with Gasteiger partial charge in [0, 0.05) is 32.2 Å². The summed E-state index contributed by atoms with van der Waals surface area (Å²) >= 11 is 0. The zero-order chi connectivity index (χ0) is 15.1. The highest BCUT2D eigenvalue weighted by Gasteiger charge is 2.23. The lowest BCUT2D eigenvalue weighted by atomic mass is 10.0. The number of nitrogens with zero attached hydrogens (tertiary/aromatic N) is 2. The molecule has 6 nitrogen and oxygen atoms in total. The number of carboxylic acid groups (broad SMARTS) is 1. The number of carbonyl (C=O) groups excluding carboxylic acids is 1. The van der Waals surface area contributed by atoms with Gasteiger partial charge in [-0.3, -0.25) is 9.69 Å². The maximum atomic E-state index is 12.1. The topological polar surface area (TPSA) is 72.9 Å². The Kier molecular flexibility index (Phi) is 6.78. The van der Waals surface area contributed by atoms with Crippen molar-refractivity contribution in [2.75, 3.05) is 32.7 Å².